The van der Waals surface area contributed by atoms with Gasteiger partial charge in [0.1, 0.15) is 0 Å². The molecule has 2 fully saturated rings. The molecule has 24 heavy (non-hydrogen) atoms. The minimum absolute atomic E-state index is 0.0663. The number of hydrogen-bond acceptors (Lipinski definition) is 4. The summed E-state index contributed by atoms with van der Waals surface area (Å²) >= 11 is 0. The maximum atomic E-state index is 11.8. The highest BCUT2D eigenvalue weighted by Gasteiger charge is 2.49. The van der Waals surface area contributed by atoms with Crippen molar-refractivity contribution in [2.24, 2.45) is 5.41 Å². The van der Waals surface area contributed by atoms with Crippen LogP contribution in [0.15, 0.2) is 47.4 Å². The van der Waals surface area contributed by atoms with E-state index in [2.05, 4.69) is 55.2 Å². The standard InChI is InChI=1S/C18H23N4OP/c1-18-8-10-21(16(18)12-20(24)13-18)15-6-4-14(5-7-15)11-22-17(23)3-2-9-19-22/h2-7,9,16H,8,10-13,24H2,1H3/t16-,18+/m0/s1. The molecule has 2 saturated heterocycles. The summed E-state index contributed by atoms with van der Waals surface area (Å²) in [4.78, 5) is 14.3. The van der Waals surface area contributed by atoms with Crippen molar-refractivity contribution in [1.82, 2.24) is 14.5 Å². The van der Waals surface area contributed by atoms with Gasteiger partial charge in [-0.2, -0.15) is 5.10 Å². The van der Waals surface area contributed by atoms with Crippen molar-refractivity contribution in [3.05, 3.63) is 58.5 Å². The summed E-state index contributed by atoms with van der Waals surface area (Å²) in [6, 6.07) is 12.4. The number of nitrogens with zero attached hydrogens (tertiary/aromatic N) is 4. The van der Waals surface area contributed by atoms with Gasteiger partial charge in [0.25, 0.3) is 5.56 Å². The van der Waals surface area contributed by atoms with Crippen LogP contribution in [-0.4, -0.2) is 40.1 Å². The lowest BCUT2D eigenvalue weighted by Crippen LogP contribution is -2.37. The van der Waals surface area contributed by atoms with Crippen molar-refractivity contribution in [1.29, 1.82) is 0 Å². The molecule has 3 atom stereocenters. The molecule has 2 aliphatic rings. The predicted octanol–water partition coefficient (Wildman–Crippen LogP) is 1.98. The SMILES string of the molecule is C[C@]12CCN(c3ccc(Cn4ncccc4=O)cc3)[C@H]1CN(P)C2. The third-order valence-electron chi connectivity index (χ3n) is 5.46. The lowest BCUT2D eigenvalue weighted by Gasteiger charge is -2.29. The normalized spacial score (nSPS) is 26.8. The summed E-state index contributed by atoms with van der Waals surface area (Å²) in [7, 11) is 2.86. The Kier molecular flexibility index (Phi) is 3.93. The minimum Gasteiger partial charge on any atom is -0.367 e. The second kappa shape index (κ2) is 5.98. The van der Waals surface area contributed by atoms with Gasteiger partial charge in [0, 0.05) is 49.0 Å². The first-order chi connectivity index (χ1) is 11.5. The van der Waals surface area contributed by atoms with Crippen LogP contribution in [-0.2, 0) is 6.54 Å². The fourth-order valence-corrected chi connectivity index (χ4v) is 4.73. The molecule has 2 aromatic rings. The summed E-state index contributed by atoms with van der Waals surface area (Å²) < 4.78 is 3.85. The van der Waals surface area contributed by atoms with E-state index < -0.39 is 0 Å². The zero-order chi connectivity index (χ0) is 16.7. The molecule has 3 heterocycles. The van der Waals surface area contributed by atoms with Crippen LogP contribution >= 0.6 is 9.39 Å². The van der Waals surface area contributed by atoms with Crippen LogP contribution in [0, 0.1) is 5.41 Å². The number of anilines is 1. The number of rotatable bonds is 3. The molecule has 6 heteroatoms. The topological polar surface area (TPSA) is 41.4 Å². The number of aromatic nitrogens is 2. The average Bonchev–Trinajstić information content (AvgIpc) is 3.02. The molecule has 0 spiro atoms. The Morgan fingerprint density at radius 2 is 2.08 bits per heavy atom. The van der Waals surface area contributed by atoms with Gasteiger partial charge in [0.15, 0.2) is 0 Å². The Morgan fingerprint density at radius 3 is 2.83 bits per heavy atom. The molecule has 1 unspecified atom stereocenters. The largest absolute Gasteiger partial charge is 0.367 e. The Balaban J connectivity index is 1.52. The first-order valence-corrected chi connectivity index (χ1v) is 8.94. The van der Waals surface area contributed by atoms with Gasteiger partial charge in [-0.1, -0.05) is 28.4 Å². The van der Waals surface area contributed by atoms with Crippen molar-refractivity contribution in [3.8, 4) is 0 Å². The van der Waals surface area contributed by atoms with E-state index in [-0.39, 0.29) is 5.56 Å². The van der Waals surface area contributed by atoms with E-state index in [1.54, 1.807) is 18.3 Å². The Hall–Kier alpha value is -1.71. The van der Waals surface area contributed by atoms with Crippen LogP contribution in [0.3, 0.4) is 0 Å². The van der Waals surface area contributed by atoms with Gasteiger partial charge in [0.2, 0.25) is 0 Å². The molecular formula is C18H23N4OP. The molecule has 0 amide bonds. The molecule has 2 aliphatic heterocycles. The van der Waals surface area contributed by atoms with Gasteiger partial charge in [-0.3, -0.25) is 9.46 Å². The predicted molar refractivity (Wildman–Crippen MR) is 99.2 cm³/mol. The van der Waals surface area contributed by atoms with E-state index in [1.807, 2.05) is 0 Å². The molecule has 1 aromatic heterocycles. The van der Waals surface area contributed by atoms with E-state index >= 15 is 0 Å². The second-order valence-corrected chi connectivity index (χ2v) is 7.96. The number of fused-ring (bicyclic) bond motifs is 1. The molecule has 4 rings (SSSR count). The van der Waals surface area contributed by atoms with Crippen LogP contribution in [0.25, 0.3) is 0 Å². The fourth-order valence-electron chi connectivity index (χ4n) is 4.11. The lowest BCUT2D eigenvalue weighted by atomic mass is 9.85. The third-order valence-corrected chi connectivity index (χ3v) is 5.86. The Morgan fingerprint density at radius 1 is 1.29 bits per heavy atom. The summed E-state index contributed by atoms with van der Waals surface area (Å²) in [6.07, 6.45) is 2.89. The zero-order valence-corrected chi connectivity index (χ0v) is 15.1. The van der Waals surface area contributed by atoms with Gasteiger partial charge in [-0.25, -0.2) is 4.68 Å². The van der Waals surface area contributed by atoms with Crippen LogP contribution < -0.4 is 10.5 Å². The minimum atomic E-state index is -0.0663. The fraction of sp³-hybridized carbons (Fsp3) is 0.444. The average molecular weight is 342 g/mol. The Labute approximate surface area is 144 Å². The van der Waals surface area contributed by atoms with Crippen LogP contribution in [0.2, 0.25) is 0 Å². The molecular weight excluding hydrogens is 319 g/mol. The monoisotopic (exact) mass is 342 g/mol. The van der Waals surface area contributed by atoms with Crippen LogP contribution in [0.5, 0.6) is 0 Å². The van der Waals surface area contributed by atoms with Gasteiger partial charge in [0.05, 0.1) is 6.54 Å². The highest BCUT2D eigenvalue weighted by molar-refractivity contribution is 7.13. The van der Waals surface area contributed by atoms with Crippen molar-refractivity contribution in [3.63, 3.8) is 0 Å². The maximum Gasteiger partial charge on any atom is 0.267 e. The molecule has 126 valence electrons. The number of hydrogen-bond donors (Lipinski definition) is 0. The summed E-state index contributed by atoms with van der Waals surface area (Å²) in [6.45, 7) is 6.30. The lowest BCUT2D eigenvalue weighted by molar-refractivity contribution is 0.347. The van der Waals surface area contributed by atoms with Crippen molar-refractivity contribution < 1.29 is 0 Å². The van der Waals surface area contributed by atoms with Gasteiger partial charge in [-0.05, 0) is 30.2 Å². The zero-order valence-electron chi connectivity index (χ0n) is 13.9. The molecule has 0 radical (unpaired) electrons. The molecule has 0 N–H and O–H groups in total. The van der Waals surface area contributed by atoms with Gasteiger partial charge in [-0.15, -0.1) is 0 Å². The van der Waals surface area contributed by atoms with Crippen molar-refractivity contribution >= 4 is 15.1 Å². The molecule has 1 aromatic carbocycles. The summed E-state index contributed by atoms with van der Waals surface area (Å²) in [5.41, 5.74) is 2.70. The van der Waals surface area contributed by atoms with Crippen molar-refractivity contribution in [2.45, 2.75) is 25.9 Å². The first-order valence-electron chi connectivity index (χ1n) is 8.43. The van der Waals surface area contributed by atoms with E-state index in [4.69, 9.17) is 0 Å². The molecule has 0 saturated carbocycles. The maximum absolute atomic E-state index is 11.8. The van der Waals surface area contributed by atoms with E-state index in [0.717, 1.165) is 25.2 Å². The summed E-state index contributed by atoms with van der Waals surface area (Å²) in [5, 5.41) is 4.12. The van der Waals surface area contributed by atoms with E-state index in [9.17, 15) is 4.79 Å². The third kappa shape index (κ3) is 2.76. The molecule has 0 aliphatic carbocycles. The summed E-state index contributed by atoms with van der Waals surface area (Å²) in [5.74, 6) is 0. The Bertz CT molecular complexity index is 790. The van der Waals surface area contributed by atoms with E-state index in [1.165, 1.54) is 16.8 Å². The molecule has 5 nitrogen and oxygen atoms in total. The second-order valence-electron chi connectivity index (χ2n) is 7.23. The van der Waals surface area contributed by atoms with Crippen LogP contribution in [0.1, 0.15) is 18.9 Å². The number of benzene rings is 1. The highest BCUT2D eigenvalue weighted by atomic mass is 31.0. The van der Waals surface area contributed by atoms with E-state index in [0.29, 0.717) is 18.0 Å². The van der Waals surface area contributed by atoms with Crippen molar-refractivity contribution in [2.75, 3.05) is 24.5 Å². The highest BCUT2D eigenvalue weighted by Crippen LogP contribution is 2.45. The van der Waals surface area contributed by atoms with Gasteiger partial charge < -0.3 is 4.90 Å². The molecule has 0 bridgehead atoms. The van der Waals surface area contributed by atoms with Crippen LogP contribution in [0.4, 0.5) is 5.69 Å². The first kappa shape index (κ1) is 15.8. The quantitative estimate of drug-likeness (QED) is 0.800. The van der Waals surface area contributed by atoms with Gasteiger partial charge >= 0.3 is 0 Å². The smallest absolute Gasteiger partial charge is 0.267 e.